The topological polar surface area (TPSA) is 0 Å². The first-order valence-electron chi connectivity index (χ1n) is 4.81. The lowest BCUT2D eigenvalue weighted by Crippen LogP contribution is -2.26. The number of rotatable bonds is 3. The summed E-state index contributed by atoms with van der Waals surface area (Å²) in [7, 11) is 0. The second kappa shape index (κ2) is 3.93. The maximum atomic E-state index is 3.67. The van der Waals surface area contributed by atoms with Crippen LogP contribution in [-0.2, 0) is 0 Å². The van der Waals surface area contributed by atoms with Crippen LogP contribution in [0.4, 0.5) is 0 Å². The van der Waals surface area contributed by atoms with Crippen molar-refractivity contribution in [3.63, 3.8) is 0 Å². The molecule has 0 aromatic heterocycles. The molecule has 0 bridgehead atoms. The van der Waals surface area contributed by atoms with Crippen molar-refractivity contribution in [3.05, 3.63) is 0 Å². The second-order valence-electron chi connectivity index (χ2n) is 4.01. The fourth-order valence-corrected chi connectivity index (χ4v) is 3.38. The molecule has 0 heterocycles. The lowest BCUT2D eigenvalue weighted by Gasteiger charge is -2.33. The molecule has 0 nitrogen and oxygen atoms in total. The maximum Gasteiger partial charge on any atom is 0.00905 e. The molecule has 0 aliphatic heterocycles. The SMILES string of the molecule is CCC(C)C1(CBr)CCCC1. The third-order valence-electron chi connectivity index (χ3n) is 3.52. The summed E-state index contributed by atoms with van der Waals surface area (Å²) in [5.41, 5.74) is 0.661. The summed E-state index contributed by atoms with van der Waals surface area (Å²) >= 11 is 3.67. The Kier molecular flexibility index (Phi) is 3.42. The monoisotopic (exact) mass is 218 g/mol. The molecule has 1 aliphatic carbocycles. The van der Waals surface area contributed by atoms with E-state index in [0.717, 1.165) is 5.92 Å². The van der Waals surface area contributed by atoms with E-state index in [1.807, 2.05) is 0 Å². The molecule has 1 heteroatoms. The molecule has 0 spiro atoms. The molecule has 1 fully saturated rings. The van der Waals surface area contributed by atoms with Gasteiger partial charge in [-0.05, 0) is 24.2 Å². The minimum Gasteiger partial charge on any atom is -0.0922 e. The van der Waals surface area contributed by atoms with E-state index in [-0.39, 0.29) is 0 Å². The van der Waals surface area contributed by atoms with E-state index in [1.165, 1.54) is 37.4 Å². The molecule has 0 amide bonds. The van der Waals surface area contributed by atoms with Crippen LogP contribution in [0.3, 0.4) is 0 Å². The van der Waals surface area contributed by atoms with Crippen molar-refractivity contribution in [3.8, 4) is 0 Å². The van der Waals surface area contributed by atoms with Crippen LogP contribution < -0.4 is 0 Å². The van der Waals surface area contributed by atoms with Crippen molar-refractivity contribution >= 4 is 15.9 Å². The van der Waals surface area contributed by atoms with Crippen LogP contribution in [0.1, 0.15) is 46.0 Å². The Labute approximate surface area is 78.9 Å². The van der Waals surface area contributed by atoms with Gasteiger partial charge in [-0.1, -0.05) is 49.0 Å². The van der Waals surface area contributed by atoms with Crippen LogP contribution in [0.25, 0.3) is 0 Å². The van der Waals surface area contributed by atoms with Crippen LogP contribution in [-0.4, -0.2) is 5.33 Å². The first kappa shape index (κ1) is 9.57. The minimum absolute atomic E-state index is 0.661. The van der Waals surface area contributed by atoms with Crippen molar-refractivity contribution in [1.29, 1.82) is 0 Å². The average molecular weight is 219 g/mol. The number of alkyl halides is 1. The first-order valence-corrected chi connectivity index (χ1v) is 5.93. The van der Waals surface area contributed by atoms with Gasteiger partial charge in [0.05, 0.1) is 0 Å². The van der Waals surface area contributed by atoms with E-state index in [9.17, 15) is 0 Å². The van der Waals surface area contributed by atoms with E-state index in [1.54, 1.807) is 0 Å². The van der Waals surface area contributed by atoms with Gasteiger partial charge in [-0.2, -0.15) is 0 Å². The van der Waals surface area contributed by atoms with E-state index < -0.39 is 0 Å². The molecule has 0 N–H and O–H groups in total. The van der Waals surface area contributed by atoms with Gasteiger partial charge in [0.1, 0.15) is 0 Å². The minimum atomic E-state index is 0.661. The predicted octanol–water partition coefficient (Wildman–Crippen LogP) is 3.99. The Morgan fingerprint density at radius 2 is 1.91 bits per heavy atom. The van der Waals surface area contributed by atoms with Gasteiger partial charge in [0.25, 0.3) is 0 Å². The molecule has 1 atom stereocenters. The molecule has 1 unspecified atom stereocenters. The third-order valence-corrected chi connectivity index (χ3v) is 4.64. The van der Waals surface area contributed by atoms with E-state index >= 15 is 0 Å². The number of hydrogen-bond donors (Lipinski definition) is 0. The predicted molar refractivity (Wildman–Crippen MR) is 54.2 cm³/mol. The maximum absolute atomic E-state index is 3.67. The molecule has 0 saturated heterocycles. The lowest BCUT2D eigenvalue weighted by molar-refractivity contribution is 0.213. The van der Waals surface area contributed by atoms with Crippen molar-refractivity contribution in [2.24, 2.45) is 11.3 Å². The molecular formula is C10H19Br. The number of hydrogen-bond acceptors (Lipinski definition) is 0. The van der Waals surface area contributed by atoms with E-state index in [4.69, 9.17) is 0 Å². The van der Waals surface area contributed by atoms with E-state index in [0.29, 0.717) is 5.41 Å². The van der Waals surface area contributed by atoms with Gasteiger partial charge in [0, 0.05) is 5.33 Å². The smallest absolute Gasteiger partial charge is 0.00905 e. The van der Waals surface area contributed by atoms with Gasteiger partial charge in [0.2, 0.25) is 0 Å². The summed E-state index contributed by atoms with van der Waals surface area (Å²) < 4.78 is 0. The largest absolute Gasteiger partial charge is 0.0922 e. The molecule has 1 rings (SSSR count). The summed E-state index contributed by atoms with van der Waals surface area (Å²) in [4.78, 5) is 0. The summed E-state index contributed by atoms with van der Waals surface area (Å²) in [5.74, 6) is 0.907. The highest BCUT2D eigenvalue weighted by molar-refractivity contribution is 9.09. The fraction of sp³-hybridized carbons (Fsp3) is 1.00. The Morgan fingerprint density at radius 3 is 2.27 bits per heavy atom. The van der Waals surface area contributed by atoms with Crippen LogP contribution >= 0.6 is 15.9 Å². The summed E-state index contributed by atoms with van der Waals surface area (Å²) in [6.07, 6.45) is 7.15. The van der Waals surface area contributed by atoms with Crippen LogP contribution in [0, 0.1) is 11.3 Å². The normalized spacial score (nSPS) is 25.4. The molecule has 1 aliphatic rings. The molecule has 0 aromatic carbocycles. The molecule has 11 heavy (non-hydrogen) atoms. The molecular weight excluding hydrogens is 200 g/mol. The molecule has 66 valence electrons. The zero-order valence-corrected chi connectivity index (χ0v) is 9.28. The summed E-state index contributed by atoms with van der Waals surface area (Å²) in [6.45, 7) is 4.72. The molecule has 1 saturated carbocycles. The van der Waals surface area contributed by atoms with E-state index in [2.05, 4.69) is 29.8 Å². The molecule has 0 radical (unpaired) electrons. The Bertz CT molecular complexity index is 114. The highest BCUT2D eigenvalue weighted by atomic mass is 79.9. The van der Waals surface area contributed by atoms with Crippen molar-refractivity contribution in [2.75, 3.05) is 5.33 Å². The zero-order valence-electron chi connectivity index (χ0n) is 7.70. The molecule has 0 aromatic rings. The highest BCUT2D eigenvalue weighted by Crippen LogP contribution is 2.46. The Hall–Kier alpha value is 0.480. The Morgan fingerprint density at radius 1 is 1.36 bits per heavy atom. The number of halogens is 1. The quantitative estimate of drug-likeness (QED) is 0.629. The van der Waals surface area contributed by atoms with Crippen molar-refractivity contribution in [1.82, 2.24) is 0 Å². The van der Waals surface area contributed by atoms with Crippen LogP contribution in [0.5, 0.6) is 0 Å². The van der Waals surface area contributed by atoms with Gasteiger partial charge in [0.15, 0.2) is 0 Å². The van der Waals surface area contributed by atoms with Gasteiger partial charge in [-0.3, -0.25) is 0 Å². The summed E-state index contributed by atoms with van der Waals surface area (Å²) in [6, 6.07) is 0. The standard InChI is InChI=1S/C10H19Br/c1-3-9(2)10(8-11)6-4-5-7-10/h9H,3-8H2,1-2H3. The van der Waals surface area contributed by atoms with Crippen LogP contribution in [0.2, 0.25) is 0 Å². The fourth-order valence-electron chi connectivity index (χ4n) is 2.27. The Balaban J connectivity index is 2.58. The van der Waals surface area contributed by atoms with Gasteiger partial charge >= 0.3 is 0 Å². The second-order valence-corrected chi connectivity index (χ2v) is 4.57. The van der Waals surface area contributed by atoms with Crippen LogP contribution in [0.15, 0.2) is 0 Å². The average Bonchev–Trinajstić information content (AvgIpc) is 2.52. The zero-order chi connectivity index (χ0) is 8.32. The van der Waals surface area contributed by atoms with Gasteiger partial charge < -0.3 is 0 Å². The lowest BCUT2D eigenvalue weighted by atomic mass is 9.75. The van der Waals surface area contributed by atoms with Gasteiger partial charge in [-0.25, -0.2) is 0 Å². The van der Waals surface area contributed by atoms with Crippen molar-refractivity contribution < 1.29 is 0 Å². The first-order chi connectivity index (χ1) is 5.25. The highest BCUT2D eigenvalue weighted by Gasteiger charge is 2.36. The summed E-state index contributed by atoms with van der Waals surface area (Å²) in [5, 5.41) is 1.22. The van der Waals surface area contributed by atoms with Gasteiger partial charge in [-0.15, -0.1) is 0 Å². The third kappa shape index (κ3) is 1.80. The van der Waals surface area contributed by atoms with Crippen molar-refractivity contribution in [2.45, 2.75) is 46.0 Å².